The van der Waals surface area contributed by atoms with Crippen LogP contribution in [-0.2, 0) is 9.53 Å². The molecule has 1 aromatic carbocycles. The first-order valence-electron chi connectivity index (χ1n) is 8.07. The van der Waals surface area contributed by atoms with Gasteiger partial charge in [0, 0.05) is 39.2 Å². The zero-order valence-corrected chi connectivity index (χ0v) is 13.7. The van der Waals surface area contributed by atoms with Gasteiger partial charge in [-0.1, -0.05) is 12.1 Å². The Hall–Kier alpha value is -2.12. The molecule has 1 atom stereocenters. The van der Waals surface area contributed by atoms with E-state index < -0.39 is 11.5 Å². The molecule has 0 aliphatic carbocycles. The van der Waals surface area contributed by atoms with Crippen LogP contribution in [0.4, 0.5) is 0 Å². The van der Waals surface area contributed by atoms with Gasteiger partial charge >= 0.3 is 5.97 Å². The average Bonchev–Trinajstić information content (AvgIpc) is 3.12. The van der Waals surface area contributed by atoms with Crippen LogP contribution in [0.1, 0.15) is 16.8 Å². The molecule has 130 valence electrons. The summed E-state index contributed by atoms with van der Waals surface area (Å²) in [6.45, 7) is 2.71. The molecule has 7 nitrogen and oxygen atoms in total. The number of methoxy groups -OCH3 is 1. The molecule has 0 radical (unpaired) electrons. The molecule has 2 saturated heterocycles. The summed E-state index contributed by atoms with van der Waals surface area (Å²) in [6, 6.07) is 7.14. The van der Waals surface area contributed by atoms with Gasteiger partial charge < -0.3 is 19.5 Å². The highest BCUT2D eigenvalue weighted by molar-refractivity contribution is 5.97. The summed E-state index contributed by atoms with van der Waals surface area (Å²) < 4.78 is 10.6. The van der Waals surface area contributed by atoms with Crippen LogP contribution in [0.15, 0.2) is 24.3 Å². The molecule has 7 heteroatoms. The molecule has 1 amide bonds. The number of benzene rings is 1. The van der Waals surface area contributed by atoms with E-state index in [2.05, 4.69) is 0 Å². The van der Waals surface area contributed by atoms with Gasteiger partial charge in [0.05, 0.1) is 19.3 Å². The summed E-state index contributed by atoms with van der Waals surface area (Å²) in [6.07, 6.45) is 0.489. The van der Waals surface area contributed by atoms with Gasteiger partial charge in [0.15, 0.2) is 0 Å². The SMILES string of the molecule is COc1ccccc1C(=O)N1CCN(C2(C(=O)O)CCOC2)CC1. The minimum Gasteiger partial charge on any atom is -0.496 e. The van der Waals surface area contributed by atoms with Crippen molar-refractivity contribution in [2.45, 2.75) is 12.0 Å². The number of amides is 1. The Labute approximate surface area is 140 Å². The van der Waals surface area contributed by atoms with Crippen LogP contribution >= 0.6 is 0 Å². The number of hydrogen-bond donors (Lipinski definition) is 1. The lowest BCUT2D eigenvalue weighted by atomic mass is 9.95. The number of hydrogen-bond acceptors (Lipinski definition) is 5. The standard InChI is InChI=1S/C17H22N2O5/c1-23-14-5-3-2-4-13(14)15(20)18-7-9-19(10-8-18)17(16(21)22)6-11-24-12-17/h2-5H,6-12H2,1H3,(H,21,22). The number of piperazine rings is 1. The molecule has 2 heterocycles. The average molecular weight is 334 g/mol. The second-order valence-electron chi connectivity index (χ2n) is 6.12. The highest BCUT2D eigenvalue weighted by atomic mass is 16.5. The van der Waals surface area contributed by atoms with Gasteiger partial charge in [0.2, 0.25) is 0 Å². The van der Waals surface area contributed by atoms with Crippen LogP contribution in [0.5, 0.6) is 5.75 Å². The fourth-order valence-electron chi connectivity index (χ4n) is 3.44. The summed E-state index contributed by atoms with van der Waals surface area (Å²) in [4.78, 5) is 28.1. The van der Waals surface area contributed by atoms with Gasteiger partial charge in [-0.05, 0) is 12.1 Å². The van der Waals surface area contributed by atoms with Gasteiger partial charge in [0.1, 0.15) is 11.3 Å². The lowest BCUT2D eigenvalue weighted by molar-refractivity contribution is -0.152. The molecule has 2 aliphatic rings. The molecule has 3 rings (SSSR count). The van der Waals surface area contributed by atoms with Crippen molar-refractivity contribution in [2.24, 2.45) is 0 Å². The van der Waals surface area contributed by atoms with Crippen LogP contribution in [0.25, 0.3) is 0 Å². The minimum absolute atomic E-state index is 0.0841. The van der Waals surface area contributed by atoms with Crippen LogP contribution in [-0.4, -0.2) is 78.8 Å². The Kier molecular flexibility index (Phi) is 4.73. The summed E-state index contributed by atoms with van der Waals surface area (Å²) in [5.41, 5.74) is -0.412. The second-order valence-corrected chi connectivity index (χ2v) is 6.12. The van der Waals surface area contributed by atoms with Crippen molar-refractivity contribution in [1.82, 2.24) is 9.80 Å². The maximum absolute atomic E-state index is 12.7. The second kappa shape index (κ2) is 6.78. The van der Waals surface area contributed by atoms with Gasteiger partial charge in [-0.3, -0.25) is 14.5 Å². The Balaban J connectivity index is 1.69. The predicted molar refractivity (Wildman–Crippen MR) is 86.3 cm³/mol. The van der Waals surface area contributed by atoms with Gasteiger partial charge in [-0.2, -0.15) is 0 Å². The Morgan fingerprint density at radius 2 is 1.92 bits per heavy atom. The third-order valence-electron chi connectivity index (χ3n) is 4.91. The Morgan fingerprint density at radius 3 is 2.50 bits per heavy atom. The maximum atomic E-state index is 12.7. The summed E-state index contributed by atoms with van der Waals surface area (Å²) >= 11 is 0. The van der Waals surface area contributed by atoms with Crippen molar-refractivity contribution >= 4 is 11.9 Å². The summed E-state index contributed by atoms with van der Waals surface area (Å²) in [7, 11) is 1.54. The first kappa shape index (κ1) is 16.7. The summed E-state index contributed by atoms with van der Waals surface area (Å²) in [5.74, 6) is -0.375. The number of ether oxygens (including phenoxy) is 2. The fourth-order valence-corrected chi connectivity index (χ4v) is 3.44. The zero-order valence-electron chi connectivity index (χ0n) is 13.7. The number of carbonyl (C=O) groups is 2. The monoisotopic (exact) mass is 334 g/mol. The first-order valence-corrected chi connectivity index (χ1v) is 8.07. The lowest BCUT2D eigenvalue weighted by Crippen LogP contribution is -2.61. The molecular weight excluding hydrogens is 312 g/mol. The van der Waals surface area contributed by atoms with E-state index in [4.69, 9.17) is 9.47 Å². The van der Waals surface area contributed by atoms with Crippen molar-refractivity contribution < 1.29 is 24.2 Å². The van der Waals surface area contributed by atoms with Crippen LogP contribution in [0.3, 0.4) is 0 Å². The third-order valence-corrected chi connectivity index (χ3v) is 4.91. The van der Waals surface area contributed by atoms with Crippen LogP contribution < -0.4 is 4.74 Å². The zero-order chi connectivity index (χ0) is 17.2. The molecule has 0 bridgehead atoms. The number of carboxylic acids is 1. The molecule has 1 unspecified atom stereocenters. The number of rotatable bonds is 4. The molecule has 1 N–H and O–H groups in total. The normalized spacial score (nSPS) is 24.8. The molecule has 0 spiro atoms. The van der Waals surface area contributed by atoms with Gasteiger partial charge in [0.25, 0.3) is 5.91 Å². The number of carboxylic acid groups (broad SMARTS) is 1. The predicted octanol–water partition coefficient (Wildman–Crippen LogP) is 0.697. The number of para-hydroxylation sites is 1. The quantitative estimate of drug-likeness (QED) is 0.873. The number of nitrogens with zero attached hydrogens (tertiary/aromatic N) is 2. The highest BCUT2D eigenvalue weighted by Crippen LogP contribution is 2.28. The summed E-state index contributed by atoms with van der Waals surface area (Å²) in [5, 5.41) is 9.62. The van der Waals surface area contributed by atoms with Gasteiger partial charge in [-0.25, -0.2) is 0 Å². The van der Waals surface area contributed by atoms with E-state index in [1.807, 2.05) is 11.0 Å². The lowest BCUT2D eigenvalue weighted by Gasteiger charge is -2.42. The van der Waals surface area contributed by atoms with E-state index in [0.29, 0.717) is 50.5 Å². The molecule has 2 fully saturated rings. The third kappa shape index (κ3) is 2.85. The molecule has 2 aliphatic heterocycles. The largest absolute Gasteiger partial charge is 0.496 e. The van der Waals surface area contributed by atoms with Crippen molar-refractivity contribution in [3.63, 3.8) is 0 Å². The topological polar surface area (TPSA) is 79.3 Å². The van der Waals surface area contributed by atoms with E-state index in [0.717, 1.165) is 0 Å². The van der Waals surface area contributed by atoms with Crippen molar-refractivity contribution in [3.05, 3.63) is 29.8 Å². The van der Waals surface area contributed by atoms with Gasteiger partial charge in [-0.15, -0.1) is 0 Å². The highest BCUT2D eigenvalue weighted by Gasteiger charge is 2.48. The number of aliphatic carboxylic acids is 1. The van der Waals surface area contributed by atoms with E-state index in [-0.39, 0.29) is 12.5 Å². The Bertz CT molecular complexity index is 619. The molecule has 0 aromatic heterocycles. The molecule has 0 saturated carbocycles. The van der Waals surface area contributed by atoms with E-state index in [1.165, 1.54) is 0 Å². The number of carbonyl (C=O) groups excluding carboxylic acids is 1. The van der Waals surface area contributed by atoms with Crippen LogP contribution in [0, 0.1) is 0 Å². The van der Waals surface area contributed by atoms with E-state index in [1.54, 1.807) is 30.2 Å². The van der Waals surface area contributed by atoms with E-state index >= 15 is 0 Å². The molecular formula is C17H22N2O5. The molecule has 1 aromatic rings. The minimum atomic E-state index is -0.945. The van der Waals surface area contributed by atoms with Crippen molar-refractivity contribution in [1.29, 1.82) is 0 Å². The first-order chi connectivity index (χ1) is 11.6. The van der Waals surface area contributed by atoms with Crippen molar-refractivity contribution in [3.8, 4) is 5.75 Å². The fraction of sp³-hybridized carbons (Fsp3) is 0.529. The molecule has 24 heavy (non-hydrogen) atoms. The van der Waals surface area contributed by atoms with Crippen molar-refractivity contribution in [2.75, 3.05) is 46.5 Å². The smallest absolute Gasteiger partial charge is 0.326 e. The van der Waals surface area contributed by atoms with Crippen LogP contribution in [0.2, 0.25) is 0 Å². The maximum Gasteiger partial charge on any atom is 0.326 e. The Morgan fingerprint density at radius 1 is 1.21 bits per heavy atom. The van der Waals surface area contributed by atoms with E-state index in [9.17, 15) is 14.7 Å².